The monoisotopic (exact) mass is 514 g/mol. The van der Waals surface area contributed by atoms with Crippen molar-refractivity contribution in [3.8, 4) is 22.9 Å². The van der Waals surface area contributed by atoms with Crippen LogP contribution in [0.15, 0.2) is 48.9 Å². The molecule has 38 heavy (non-hydrogen) atoms. The predicted octanol–water partition coefficient (Wildman–Crippen LogP) is 4.58. The number of nitrogens with zero attached hydrogens (tertiary/aromatic N) is 8. The van der Waals surface area contributed by atoms with E-state index in [0.717, 1.165) is 16.8 Å². The molecule has 0 fully saturated rings. The van der Waals surface area contributed by atoms with Crippen molar-refractivity contribution >= 4 is 22.7 Å². The van der Waals surface area contributed by atoms with Gasteiger partial charge in [-0.2, -0.15) is 10.1 Å². The average molecular weight is 515 g/mol. The lowest BCUT2D eigenvalue weighted by Gasteiger charge is -2.25. The molecule has 0 saturated heterocycles. The molecule has 194 valence electrons. The van der Waals surface area contributed by atoms with Crippen LogP contribution in [-0.4, -0.2) is 48.9 Å². The van der Waals surface area contributed by atoms with Gasteiger partial charge in [-0.3, -0.25) is 9.67 Å². The van der Waals surface area contributed by atoms with Gasteiger partial charge in [0.1, 0.15) is 11.3 Å². The second kappa shape index (κ2) is 10.4. The van der Waals surface area contributed by atoms with Crippen molar-refractivity contribution in [3.63, 3.8) is 0 Å². The Morgan fingerprint density at radius 1 is 1.00 bits per heavy atom. The summed E-state index contributed by atoms with van der Waals surface area (Å²) in [7, 11) is 4.83. The number of anilines is 2. The van der Waals surface area contributed by atoms with Crippen LogP contribution in [0.2, 0.25) is 0 Å². The molecule has 10 nitrogen and oxygen atoms in total. The smallest absolute Gasteiger partial charge is 0.216 e. The summed E-state index contributed by atoms with van der Waals surface area (Å²) in [5.74, 6) is 0.951. The van der Waals surface area contributed by atoms with Gasteiger partial charge in [-0.15, -0.1) is 0 Å². The molecule has 4 aromatic heterocycles. The molecule has 4 heterocycles. The summed E-state index contributed by atoms with van der Waals surface area (Å²) in [5, 5.41) is 4.21. The van der Waals surface area contributed by atoms with E-state index in [0.29, 0.717) is 40.8 Å². The van der Waals surface area contributed by atoms with E-state index >= 15 is 4.39 Å². The van der Waals surface area contributed by atoms with Gasteiger partial charge in [0, 0.05) is 30.6 Å². The first-order valence-corrected chi connectivity index (χ1v) is 12.0. The highest BCUT2D eigenvalue weighted by molar-refractivity contribution is 5.77. The second-order valence-electron chi connectivity index (χ2n) is 8.71. The molecule has 5 rings (SSSR count). The standard InChI is InChI=1S/C27H27FN8O2/c1-6-17-10-21(26(28)22(11-17)37-4)36(15-23-31-16(2)9-25(33-23)38-5)24-8-7-19-27(34-24)32-20(13-29-19)18-12-30-35(3)14-18/h7-14H,6,15H2,1-5H3. The highest BCUT2D eigenvalue weighted by Gasteiger charge is 2.22. The molecule has 0 aliphatic rings. The Labute approximate surface area is 219 Å². The molecule has 0 aliphatic carbocycles. The Morgan fingerprint density at radius 3 is 2.55 bits per heavy atom. The van der Waals surface area contributed by atoms with Gasteiger partial charge >= 0.3 is 0 Å². The van der Waals surface area contributed by atoms with Crippen LogP contribution in [0.3, 0.4) is 0 Å². The molecular weight excluding hydrogens is 487 g/mol. The third-order valence-electron chi connectivity index (χ3n) is 6.05. The van der Waals surface area contributed by atoms with Gasteiger partial charge in [0.2, 0.25) is 5.88 Å². The molecule has 11 heteroatoms. The van der Waals surface area contributed by atoms with Crippen LogP contribution in [0.1, 0.15) is 24.0 Å². The van der Waals surface area contributed by atoms with Crippen LogP contribution in [0, 0.1) is 12.7 Å². The molecule has 0 aliphatic heterocycles. The fourth-order valence-electron chi connectivity index (χ4n) is 4.12. The number of halogens is 1. The number of methoxy groups -OCH3 is 2. The van der Waals surface area contributed by atoms with Gasteiger partial charge in [0.05, 0.1) is 44.5 Å². The van der Waals surface area contributed by atoms with Crippen LogP contribution >= 0.6 is 0 Å². The summed E-state index contributed by atoms with van der Waals surface area (Å²) in [4.78, 5) is 24.8. The van der Waals surface area contributed by atoms with Crippen molar-refractivity contribution in [2.75, 3.05) is 19.1 Å². The Morgan fingerprint density at radius 2 is 1.84 bits per heavy atom. The summed E-state index contributed by atoms with van der Waals surface area (Å²) in [6.45, 7) is 3.97. The fourth-order valence-corrected chi connectivity index (χ4v) is 4.12. The minimum atomic E-state index is -0.513. The van der Waals surface area contributed by atoms with Crippen LogP contribution < -0.4 is 14.4 Å². The number of rotatable bonds is 8. The minimum absolute atomic E-state index is 0.125. The van der Waals surface area contributed by atoms with Gasteiger partial charge in [0.25, 0.3) is 0 Å². The number of aryl methyl sites for hydroxylation is 3. The molecule has 0 bridgehead atoms. The Kier molecular flexibility index (Phi) is 6.82. The lowest BCUT2D eigenvalue weighted by atomic mass is 10.1. The molecule has 0 radical (unpaired) electrons. The fraction of sp³-hybridized carbons (Fsp3) is 0.259. The zero-order valence-electron chi connectivity index (χ0n) is 21.8. The number of pyridine rings is 1. The number of ether oxygens (including phenoxy) is 2. The van der Waals surface area contributed by atoms with E-state index in [-0.39, 0.29) is 18.0 Å². The number of fused-ring (bicyclic) bond motifs is 1. The molecule has 1 aromatic carbocycles. The van der Waals surface area contributed by atoms with E-state index in [9.17, 15) is 0 Å². The van der Waals surface area contributed by atoms with Gasteiger partial charge < -0.3 is 14.4 Å². The van der Waals surface area contributed by atoms with E-state index in [1.54, 1.807) is 59.4 Å². The molecule has 0 amide bonds. The molecule has 0 spiro atoms. The van der Waals surface area contributed by atoms with Crippen LogP contribution in [0.5, 0.6) is 11.6 Å². The van der Waals surface area contributed by atoms with Crippen molar-refractivity contribution in [1.82, 2.24) is 34.7 Å². The molecule has 0 N–H and O–H groups in total. The maximum absolute atomic E-state index is 15.8. The predicted molar refractivity (Wildman–Crippen MR) is 141 cm³/mol. The van der Waals surface area contributed by atoms with Crippen LogP contribution in [0.4, 0.5) is 15.9 Å². The Bertz CT molecular complexity index is 1620. The van der Waals surface area contributed by atoms with E-state index in [4.69, 9.17) is 19.4 Å². The zero-order chi connectivity index (χ0) is 26.8. The SMILES string of the molecule is CCc1cc(OC)c(F)c(N(Cc2nc(C)cc(OC)n2)c2ccc3ncc(-c4cnn(C)c4)nc3n2)c1. The lowest BCUT2D eigenvalue weighted by Crippen LogP contribution is -2.21. The Balaban J connectivity index is 1.67. The van der Waals surface area contributed by atoms with Gasteiger partial charge in [-0.25, -0.2) is 19.3 Å². The third-order valence-corrected chi connectivity index (χ3v) is 6.05. The van der Waals surface area contributed by atoms with E-state index in [1.807, 2.05) is 27.1 Å². The maximum Gasteiger partial charge on any atom is 0.216 e. The number of aromatic nitrogens is 7. The summed E-state index contributed by atoms with van der Waals surface area (Å²) in [6, 6.07) is 8.80. The second-order valence-corrected chi connectivity index (χ2v) is 8.71. The third kappa shape index (κ3) is 4.95. The van der Waals surface area contributed by atoms with Crippen molar-refractivity contribution < 1.29 is 13.9 Å². The highest BCUT2D eigenvalue weighted by Crippen LogP contribution is 2.35. The van der Waals surface area contributed by atoms with Gasteiger partial charge in [-0.1, -0.05) is 6.92 Å². The first kappa shape index (κ1) is 25.0. The first-order valence-electron chi connectivity index (χ1n) is 12.0. The molecule has 0 saturated carbocycles. The quantitative estimate of drug-likeness (QED) is 0.294. The molecular formula is C27H27FN8O2. The van der Waals surface area contributed by atoms with E-state index in [1.165, 1.54) is 7.11 Å². The normalized spacial score (nSPS) is 11.1. The number of hydrogen-bond donors (Lipinski definition) is 0. The molecule has 0 atom stereocenters. The van der Waals surface area contributed by atoms with Crippen LogP contribution in [0.25, 0.3) is 22.4 Å². The summed E-state index contributed by atoms with van der Waals surface area (Å²) in [5.41, 5.74) is 4.39. The summed E-state index contributed by atoms with van der Waals surface area (Å²) in [6.07, 6.45) is 5.94. The highest BCUT2D eigenvalue weighted by atomic mass is 19.1. The van der Waals surface area contributed by atoms with E-state index in [2.05, 4.69) is 20.1 Å². The summed E-state index contributed by atoms with van der Waals surface area (Å²) < 4.78 is 28.1. The largest absolute Gasteiger partial charge is 0.494 e. The maximum atomic E-state index is 15.8. The molecule has 5 aromatic rings. The van der Waals surface area contributed by atoms with Crippen molar-refractivity contribution in [1.29, 1.82) is 0 Å². The number of hydrogen-bond acceptors (Lipinski definition) is 9. The summed E-state index contributed by atoms with van der Waals surface area (Å²) >= 11 is 0. The van der Waals surface area contributed by atoms with Gasteiger partial charge in [0.15, 0.2) is 23.0 Å². The van der Waals surface area contributed by atoms with E-state index < -0.39 is 5.82 Å². The van der Waals surface area contributed by atoms with Crippen molar-refractivity contribution in [3.05, 3.63) is 71.8 Å². The average Bonchev–Trinajstić information content (AvgIpc) is 3.37. The van der Waals surface area contributed by atoms with Crippen LogP contribution in [-0.2, 0) is 20.0 Å². The topological polar surface area (TPSA) is 104 Å². The van der Waals surface area contributed by atoms with Crippen molar-refractivity contribution in [2.24, 2.45) is 7.05 Å². The first-order chi connectivity index (χ1) is 18.4. The Hall–Kier alpha value is -4.67. The van der Waals surface area contributed by atoms with Crippen molar-refractivity contribution in [2.45, 2.75) is 26.8 Å². The number of benzene rings is 1. The minimum Gasteiger partial charge on any atom is -0.494 e. The lowest BCUT2D eigenvalue weighted by molar-refractivity contribution is 0.386. The van der Waals surface area contributed by atoms with Gasteiger partial charge in [-0.05, 0) is 43.2 Å². The zero-order valence-corrected chi connectivity index (χ0v) is 21.8. The molecule has 0 unspecified atom stereocenters.